The van der Waals surface area contributed by atoms with Crippen molar-refractivity contribution in [2.75, 3.05) is 19.5 Å². The summed E-state index contributed by atoms with van der Waals surface area (Å²) in [4.78, 5) is 13.1. The zero-order chi connectivity index (χ0) is 21.5. The Bertz CT molecular complexity index is 1010. The molecule has 3 rings (SSSR count). The quantitative estimate of drug-likeness (QED) is 0.526. The van der Waals surface area contributed by atoms with Gasteiger partial charge in [-0.15, -0.1) is 0 Å². The van der Waals surface area contributed by atoms with E-state index >= 15 is 0 Å². The van der Waals surface area contributed by atoms with Crippen LogP contribution in [0, 0.1) is 6.92 Å². The zero-order valence-electron chi connectivity index (χ0n) is 17.2. The Morgan fingerprint density at radius 1 is 0.967 bits per heavy atom. The van der Waals surface area contributed by atoms with Gasteiger partial charge in [-0.3, -0.25) is 10.1 Å². The molecule has 156 valence electrons. The van der Waals surface area contributed by atoms with E-state index in [2.05, 4.69) is 10.6 Å². The molecule has 1 amide bonds. The molecule has 0 aliphatic heterocycles. The number of hydrogen-bond donors (Lipinski definition) is 2. The average Bonchev–Trinajstić information content (AvgIpc) is 2.77. The predicted octanol–water partition coefficient (Wildman–Crippen LogP) is 5.14. The van der Waals surface area contributed by atoms with Crippen LogP contribution in [0.4, 0.5) is 5.69 Å². The Balaban J connectivity index is 1.79. The van der Waals surface area contributed by atoms with Crippen LogP contribution in [0.25, 0.3) is 0 Å². The van der Waals surface area contributed by atoms with Crippen LogP contribution in [0.3, 0.4) is 0 Å². The van der Waals surface area contributed by atoms with Gasteiger partial charge in [-0.2, -0.15) is 0 Å². The van der Waals surface area contributed by atoms with Gasteiger partial charge in [0, 0.05) is 17.3 Å². The number of nitrogens with one attached hydrogen (secondary N) is 2. The summed E-state index contributed by atoms with van der Waals surface area (Å²) in [5.74, 6) is 1.14. The van der Waals surface area contributed by atoms with Crippen LogP contribution >= 0.6 is 11.6 Å². The minimum absolute atomic E-state index is 0.165. The van der Waals surface area contributed by atoms with Crippen LogP contribution in [-0.2, 0) is 11.3 Å². The highest BCUT2D eigenvalue weighted by atomic mass is 35.5. The van der Waals surface area contributed by atoms with Crippen molar-refractivity contribution < 1.29 is 14.3 Å². The van der Waals surface area contributed by atoms with E-state index in [1.807, 2.05) is 67.6 Å². The summed E-state index contributed by atoms with van der Waals surface area (Å²) in [6.07, 6.45) is 0. The van der Waals surface area contributed by atoms with Gasteiger partial charge in [0.25, 0.3) is 0 Å². The van der Waals surface area contributed by atoms with Gasteiger partial charge in [0.15, 0.2) is 11.5 Å². The first-order valence-electron chi connectivity index (χ1n) is 9.58. The van der Waals surface area contributed by atoms with Gasteiger partial charge < -0.3 is 14.8 Å². The highest BCUT2D eigenvalue weighted by Gasteiger charge is 2.20. The molecule has 30 heavy (non-hydrogen) atoms. The van der Waals surface area contributed by atoms with Crippen molar-refractivity contribution in [1.29, 1.82) is 0 Å². The van der Waals surface area contributed by atoms with E-state index in [1.165, 1.54) is 0 Å². The first-order valence-corrected chi connectivity index (χ1v) is 9.96. The predicted molar refractivity (Wildman–Crippen MR) is 120 cm³/mol. The summed E-state index contributed by atoms with van der Waals surface area (Å²) in [6.45, 7) is 2.40. The Morgan fingerprint density at radius 2 is 1.70 bits per heavy atom. The molecular formula is C24H25ClN2O3. The fourth-order valence-electron chi connectivity index (χ4n) is 3.10. The summed E-state index contributed by atoms with van der Waals surface area (Å²) < 4.78 is 10.7. The highest BCUT2D eigenvalue weighted by molar-refractivity contribution is 6.31. The molecule has 0 unspecified atom stereocenters. The number of hydrogen-bond acceptors (Lipinski definition) is 4. The van der Waals surface area contributed by atoms with Gasteiger partial charge in [0.05, 0.1) is 14.2 Å². The molecule has 0 saturated carbocycles. The molecule has 5 nitrogen and oxygen atoms in total. The largest absolute Gasteiger partial charge is 0.493 e. The highest BCUT2D eigenvalue weighted by Crippen LogP contribution is 2.28. The smallest absolute Gasteiger partial charge is 0.246 e. The molecule has 0 spiro atoms. The summed E-state index contributed by atoms with van der Waals surface area (Å²) in [6, 6.07) is 20.2. The van der Waals surface area contributed by atoms with E-state index in [4.69, 9.17) is 21.1 Å². The lowest BCUT2D eigenvalue weighted by Gasteiger charge is -2.20. The number of halogens is 1. The number of carbonyl (C=O) groups excluding carboxylic acids is 1. The van der Waals surface area contributed by atoms with Crippen molar-refractivity contribution in [3.05, 3.63) is 88.4 Å². The van der Waals surface area contributed by atoms with E-state index in [-0.39, 0.29) is 5.91 Å². The lowest BCUT2D eigenvalue weighted by atomic mass is 10.1. The number of anilines is 1. The van der Waals surface area contributed by atoms with Crippen molar-refractivity contribution in [3.8, 4) is 11.5 Å². The number of rotatable bonds is 8. The minimum Gasteiger partial charge on any atom is -0.493 e. The van der Waals surface area contributed by atoms with Crippen molar-refractivity contribution in [2.24, 2.45) is 0 Å². The third kappa shape index (κ3) is 5.32. The molecule has 0 radical (unpaired) electrons. The number of benzene rings is 3. The SMILES string of the molecule is COc1ccc(CN[C@@H](C(=O)Nc2ccc(C)c(Cl)c2)c2ccccc2)cc1OC. The van der Waals surface area contributed by atoms with E-state index in [0.29, 0.717) is 28.8 Å². The standard InChI is InChI=1S/C24H25ClN2O3/c1-16-9-11-19(14-20(16)25)27-24(28)23(18-7-5-4-6-8-18)26-15-17-10-12-21(29-2)22(13-17)30-3/h4-14,23,26H,15H2,1-3H3,(H,27,28)/t23-/m1/s1. The van der Waals surface area contributed by atoms with Crippen molar-refractivity contribution in [1.82, 2.24) is 5.32 Å². The molecule has 0 saturated heterocycles. The van der Waals surface area contributed by atoms with Gasteiger partial charge in [0.2, 0.25) is 5.91 Å². The first-order chi connectivity index (χ1) is 14.5. The normalized spacial score (nSPS) is 11.6. The molecule has 0 aliphatic rings. The first kappa shape index (κ1) is 21.7. The molecule has 0 aromatic heterocycles. The third-order valence-electron chi connectivity index (χ3n) is 4.79. The second-order valence-corrected chi connectivity index (χ2v) is 7.27. The van der Waals surface area contributed by atoms with Gasteiger partial charge in [-0.1, -0.05) is 54.1 Å². The molecule has 6 heteroatoms. The van der Waals surface area contributed by atoms with Crippen LogP contribution in [0.2, 0.25) is 5.02 Å². The number of ether oxygens (including phenoxy) is 2. The van der Waals surface area contributed by atoms with Gasteiger partial charge in [0.1, 0.15) is 6.04 Å². The number of methoxy groups -OCH3 is 2. The van der Waals surface area contributed by atoms with Crippen LogP contribution in [0.5, 0.6) is 11.5 Å². The molecule has 0 fully saturated rings. The summed E-state index contributed by atoms with van der Waals surface area (Å²) >= 11 is 6.20. The maximum absolute atomic E-state index is 13.1. The Labute approximate surface area is 182 Å². The Hall–Kier alpha value is -3.02. The second kappa shape index (κ2) is 10.1. The number of aryl methyl sites for hydroxylation is 1. The fourth-order valence-corrected chi connectivity index (χ4v) is 3.28. The summed E-state index contributed by atoms with van der Waals surface area (Å²) in [7, 11) is 3.20. The maximum Gasteiger partial charge on any atom is 0.246 e. The Kier molecular flexibility index (Phi) is 7.33. The van der Waals surface area contributed by atoms with Crippen molar-refractivity contribution in [3.63, 3.8) is 0 Å². The molecule has 3 aromatic rings. The molecule has 1 atom stereocenters. The lowest BCUT2D eigenvalue weighted by molar-refractivity contribution is -0.118. The fraction of sp³-hybridized carbons (Fsp3) is 0.208. The zero-order valence-corrected chi connectivity index (χ0v) is 18.0. The summed E-state index contributed by atoms with van der Waals surface area (Å²) in [5.41, 5.74) is 3.46. The van der Waals surface area contributed by atoms with Crippen LogP contribution in [-0.4, -0.2) is 20.1 Å². The second-order valence-electron chi connectivity index (χ2n) is 6.87. The maximum atomic E-state index is 13.1. The molecule has 2 N–H and O–H groups in total. The molecule has 0 heterocycles. The monoisotopic (exact) mass is 424 g/mol. The number of carbonyl (C=O) groups is 1. The Morgan fingerprint density at radius 3 is 2.37 bits per heavy atom. The summed E-state index contributed by atoms with van der Waals surface area (Å²) in [5, 5.41) is 6.91. The van der Waals surface area contributed by atoms with Crippen molar-refractivity contribution in [2.45, 2.75) is 19.5 Å². The van der Waals surface area contributed by atoms with E-state index in [1.54, 1.807) is 20.3 Å². The van der Waals surface area contributed by atoms with Crippen LogP contribution in [0.15, 0.2) is 66.7 Å². The van der Waals surface area contributed by atoms with Gasteiger partial charge in [-0.25, -0.2) is 0 Å². The third-order valence-corrected chi connectivity index (χ3v) is 5.20. The van der Waals surface area contributed by atoms with Crippen molar-refractivity contribution >= 4 is 23.2 Å². The minimum atomic E-state index is -0.542. The van der Waals surface area contributed by atoms with E-state index < -0.39 is 6.04 Å². The van der Waals surface area contributed by atoms with E-state index in [9.17, 15) is 4.79 Å². The van der Waals surface area contributed by atoms with Crippen LogP contribution < -0.4 is 20.1 Å². The number of amides is 1. The topological polar surface area (TPSA) is 59.6 Å². The van der Waals surface area contributed by atoms with Gasteiger partial charge in [-0.05, 0) is 47.9 Å². The van der Waals surface area contributed by atoms with Crippen LogP contribution in [0.1, 0.15) is 22.7 Å². The molecule has 0 aliphatic carbocycles. The lowest BCUT2D eigenvalue weighted by Crippen LogP contribution is -2.32. The molecule has 0 bridgehead atoms. The molecule has 3 aromatic carbocycles. The average molecular weight is 425 g/mol. The molecular weight excluding hydrogens is 400 g/mol. The van der Waals surface area contributed by atoms with Gasteiger partial charge >= 0.3 is 0 Å². The van der Waals surface area contributed by atoms with E-state index in [0.717, 1.165) is 16.7 Å².